The van der Waals surface area contributed by atoms with Gasteiger partial charge in [0.25, 0.3) is 0 Å². The molecular formula is C17H23N3O6. The lowest BCUT2D eigenvalue weighted by molar-refractivity contribution is -0.0350. The van der Waals surface area contributed by atoms with Crippen molar-refractivity contribution in [2.24, 2.45) is 0 Å². The molecule has 1 fully saturated rings. The fraction of sp³-hybridized carbons (Fsp3) is 0.588. The first kappa shape index (κ1) is 19.9. The van der Waals surface area contributed by atoms with Crippen LogP contribution in [0, 0.1) is 12.3 Å². The third kappa shape index (κ3) is 4.40. The molecule has 0 spiro atoms. The van der Waals surface area contributed by atoms with E-state index in [0.717, 1.165) is 23.8 Å². The minimum absolute atomic E-state index is 0.111. The van der Waals surface area contributed by atoms with Gasteiger partial charge in [-0.25, -0.2) is 9.59 Å². The summed E-state index contributed by atoms with van der Waals surface area (Å²) in [6, 6.07) is 0. The van der Waals surface area contributed by atoms with Gasteiger partial charge in [-0.15, -0.1) is 6.42 Å². The molecular weight excluding hydrogens is 342 g/mol. The van der Waals surface area contributed by atoms with Gasteiger partial charge in [-0.2, -0.15) is 4.98 Å². The number of carbonyl (C=O) groups is 1. The summed E-state index contributed by atoms with van der Waals surface area (Å²) in [5, 5.41) is 22.2. The molecule has 1 aliphatic rings. The molecule has 1 aromatic rings. The van der Waals surface area contributed by atoms with E-state index in [4.69, 9.17) is 15.9 Å². The topological polar surface area (TPSA) is 123 Å². The van der Waals surface area contributed by atoms with E-state index in [1.807, 2.05) is 6.92 Å². The summed E-state index contributed by atoms with van der Waals surface area (Å²) in [5.41, 5.74) is -0.685. The molecule has 26 heavy (non-hydrogen) atoms. The molecule has 0 aliphatic carbocycles. The first-order valence-electron chi connectivity index (χ1n) is 8.44. The minimum Gasteiger partial charge on any atom is -0.449 e. The van der Waals surface area contributed by atoms with Crippen molar-refractivity contribution < 1.29 is 24.5 Å². The fourth-order valence-corrected chi connectivity index (χ4v) is 2.56. The maximum absolute atomic E-state index is 12.3. The molecule has 9 nitrogen and oxygen atoms in total. The molecule has 0 radical (unpaired) electrons. The summed E-state index contributed by atoms with van der Waals surface area (Å²) >= 11 is 0. The van der Waals surface area contributed by atoms with Crippen molar-refractivity contribution in [1.29, 1.82) is 0 Å². The highest BCUT2D eigenvalue weighted by atomic mass is 16.6. The monoisotopic (exact) mass is 365 g/mol. The van der Waals surface area contributed by atoms with Gasteiger partial charge in [0, 0.05) is 6.20 Å². The smallest absolute Gasteiger partial charge is 0.412 e. The second-order valence-corrected chi connectivity index (χ2v) is 6.02. The van der Waals surface area contributed by atoms with E-state index in [-0.39, 0.29) is 18.0 Å². The second-order valence-electron chi connectivity index (χ2n) is 6.02. The van der Waals surface area contributed by atoms with Crippen LogP contribution in [0.4, 0.5) is 10.6 Å². The zero-order valence-electron chi connectivity index (χ0n) is 14.7. The van der Waals surface area contributed by atoms with Crippen LogP contribution in [-0.4, -0.2) is 50.8 Å². The van der Waals surface area contributed by atoms with Crippen LogP contribution >= 0.6 is 0 Å². The Balaban J connectivity index is 2.16. The Hall–Kier alpha value is -2.41. The summed E-state index contributed by atoms with van der Waals surface area (Å²) < 4.78 is 11.4. The summed E-state index contributed by atoms with van der Waals surface area (Å²) in [6.07, 6.45) is 4.33. The first-order valence-corrected chi connectivity index (χ1v) is 8.44. The number of aliphatic hydroxyl groups is 2. The number of unbranched alkanes of at least 4 members (excludes halogenated alkanes) is 2. The summed E-state index contributed by atoms with van der Waals surface area (Å²) in [4.78, 5) is 27.8. The molecule has 1 amide bonds. The Labute approximate surface area is 151 Å². The van der Waals surface area contributed by atoms with Gasteiger partial charge in [0.05, 0.1) is 18.3 Å². The van der Waals surface area contributed by atoms with Gasteiger partial charge in [0.2, 0.25) is 0 Å². The Morgan fingerprint density at radius 3 is 2.77 bits per heavy atom. The normalized spacial score (nSPS) is 24.9. The highest BCUT2D eigenvalue weighted by molar-refractivity contribution is 5.84. The molecule has 2 heterocycles. The molecule has 142 valence electrons. The summed E-state index contributed by atoms with van der Waals surface area (Å²) in [7, 11) is 0. The third-order valence-electron chi connectivity index (χ3n) is 4.06. The van der Waals surface area contributed by atoms with Gasteiger partial charge in [0.1, 0.15) is 12.2 Å². The van der Waals surface area contributed by atoms with Crippen LogP contribution in [0.25, 0.3) is 0 Å². The lowest BCUT2D eigenvalue weighted by Gasteiger charge is -2.18. The number of hydrogen-bond donors (Lipinski definition) is 3. The number of ether oxygens (including phenoxy) is 2. The summed E-state index contributed by atoms with van der Waals surface area (Å²) in [5.74, 6) is 2.20. The molecule has 1 saturated heterocycles. The molecule has 0 saturated carbocycles. The lowest BCUT2D eigenvalue weighted by atomic mass is 10.1. The summed E-state index contributed by atoms with van der Waals surface area (Å²) in [6.45, 7) is 3.85. The number of aliphatic hydroxyl groups excluding tert-OH is 2. The number of nitrogens with zero attached hydrogens (tertiary/aromatic N) is 2. The molecule has 0 unspecified atom stereocenters. The minimum atomic E-state index is -1.31. The lowest BCUT2D eigenvalue weighted by Crippen LogP contribution is -2.36. The number of amides is 1. The van der Waals surface area contributed by atoms with Crippen molar-refractivity contribution >= 4 is 11.9 Å². The fourth-order valence-electron chi connectivity index (χ4n) is 2.56. The predicted octanol–water partition coefficient (Wildman–Crippen LogP) is 0.602. The van der Waals surface area contributed by atoms with Crippen LogP contribution in [0.15, 0.2) is 11.0 Å². The predicted molar refractivity (Wildman–Crippen MR) is 92.5 cm³/mol. The van der Waals surface area contributed by atoms with E-state index >= 15 is 0 Å². The van der Waals surface area contributed by atoms with Crippen molar-refractivity contribution in [3.8, 4) is 12.3 Å². The highest BCUT2D eigenvalue weighted by Gasteiger charge is 2.42. The first-order chi connectivity index (χ1) is 12.4. The molecule has 0 aromatic carbocycles. The quantitative estimate of drug-likeness (QED) is 0.498. The molecule has 2 rings (SSSR count). The van der Waals surface area contributed by atoms with Gasteiger partial charge in [-0.1, -0.05) is 25.7 Å². The Bertz CT molecular complexity index is 741. The number of anilines is 1. The van der Waals surface area contributed by atoms with Crippen LogP contribution in [0.3, 0.4) is 0 Å². The van der Waals surface area contributed by atoms with Crippen LogP contribution in [-0.2, 0) is 9.47 Å². The maximum atomic E-state index is 12.3. The SMILES string of the molecule is C#Cc1cn([C@@H]2O[C@H](C)[C@@H](O)[C@H]2O)c(=O)nc1NC(=O)OCCCCC. The Morgan fingerprint density at radius 1 is 1.46 bits per heavy atom. The zero-order chi connectivity index (χ0) is 19.3. The highest BCUT2D eigenvalue weighted by Crippen LogP contribution is 2.28. The number of rotatable bonds is 6. The van der Waals surface area contributed by atoms with E-state index in [1.54, 1.807) is 6.92 Å². The number of terminal acetylenes is 1. The largest absolute Gasteiger partial charge is 0.449 e. The van der Waals surface area contributed by atoms with Gasteiger partial charge < -0.3 is 19.7 Å². The van der Waals surface area contributed by atoms with Gasteiger partial charge >= 0.3 is 11.8 Å². The van der Waals surface area contributed by atoms with Crippen molar-refractivity contribution in [3.05, 3.63) is 22.2 Å². The average molecular weight is 365 g/mol. The average Bonchev–Trinajstić information content (AvgIpc) is 2.86. The van der Waals surface area contributed by atoms with E-state index in [9.17, 15) is 19.8 Å². The van der Waals surface area contributed by atoms with E-state index < -0.39 is 36.3 Å². The number of hydrogen-bond acceptors (Lipinski definition) is 7. The zero-order valence-corrected chi connectivity index (χ0v) is 14.7. The van der Waals surface area contributed by atoms with Crippen molar-refractivity contribution in [2.45, 2.75) is 57.6 Å². The van der Waals surface area contributed by atoms with E-state index in [1.165, 1.54) is 6.20 Å². The van der Waals surface area contributed by atoms with Gasteiger partial charge in [0.15, 0.2) is 12.0 Å². The Kier molecular flexibility index (Phi) is 6.74. The van der Waals surface area contributed by atoms with Crippen LogP contribution in [0.1, 0.15) is 44.9 Å². The molecule has 1 aliphatic heterocycles. The number of aromatic nitrogens is 2. The van der Waals surface area contributed by atoms with Crippen molar-refractivity contribution in [1.82, 2.24) is 9.55 Å². The molecule has 4 atom stereocenters. The standard InChI is InChI=1S/C17H23N3O6/c1-4-6-7-8-25-17(24)19-14-11(5-2)9-20(16(23)18-14)15-13(22)12(21)10(3)26-15/h2,9-10,12-13,15,21-22H,4,6-8H2,1,3H3,(H,18,19,23,24)/t10-,12-,13-,15-/m1/s1. The van der Waals surface area contributed by atoms with Gasteiger partial charge in [-0.3, -0.25) is 9.88 Å². The van der Waals surface area contributed by atoms with Crippen LogP contribution < -0.4 is 11.0 Å². The van der Waals surface area contributed by atoms with E-state index in [0.29, 0.717) is 0 Å². The number of carbonyl (C=O) groups excluding carboxylic acids is 1. The molecule has 1 aromatic heterocycles. The molecule has 3 N–H and O–H groups in total. The molecule has 0 bridgehead atoms. The number of nitrogens with one attached hydrogen (secondary N) is 1. The van der Waals surface area contributed by atoms with Crippen LogP contribution in [0.2, 0.25) is 0 Å². The molecule has 9 heteroatoms. The van der Waals surface area contributed by atoms with Crippen LogP contribution in [0.5, 0.6) is 0 Å². The Morgan fingerprint density at radius 2 is 2.19 bits per heavy atom. The van der Waals surface area contributed by atoms with Crippen molar-refractivity contribution in [2.75, 3.05) is 11.9 Å². The maximum Gasteiger partial charge on any atom is 0.412 e. The van der Waals surface area contributed by atoms with E-state index in [2.05, 4.69) is 16.2 Å². The van der Waals surface area contributed by atoms with Crippen molar-refractivity contribution in [3.63, 3.8) is 0 Å². The van der Waals surface area contributed by atoms with Gasteiger partial charge in [-0.05, 0) is 13.3 Å². The second kappa shape index (κ2) is 8.80. The third-order valence-corrected chi connectivity index (χ3v) is 4.06.